The number of carbonyl (C=O) groups is 1. The predicted molar refractivity (Wildman–Crippen MR) is 65.4 cm³/mol. The van der Waals surface area contributed by atoms with E-state index < -0.39 is 21.6 Å². The predicted octanol–water partition coefficient (Wildman–Crippen LogP) is 0.999. The van der Waals surface area contributed by atoms with E-state index in [4.69, 9.17) is 10.5 Å². The molecular formula is C11H14FNO4S. The third-order valence-corrected chi connectivity index (χ3v) is 3.14. The summed E-state index contributed by atoms with van der Waals surface area (Å²) in [6.07, 6.45) is 1.27. The molecule has 2 N–H and O–H groups in total. The summed E-state index contributed by atoms with van der Waals surface area (Å²) in [5.41, 5.74) is 5.33. The van der Waals surface area contributed by atoms with Crippen LogP contribution >= 0.6 is 0 Å². The molecule has 0 amide bonds. The summed E-state index contributed by atoms with van der Waals surface area (Å²) in [4.78, 5) is 11.4. The Balaban J connectivity index is 2.51. The smallest absolute Gasteiger partial charge is 0.341 e. The fourth-order valence-corrected chi connectivity index (χ4v) is 1.90. The molecule has 1 aromatic rings. The maximum absolute atomic E-state index is 13.3. The van der Waals surface area contributed by atoms with E-state index in [2.05, 4.69) is 0 Å². The molecule has 0 bridgehead atoms. The highest BCUT2D eigenvalue weighted by molar-refractivity contribution is 7.90. The Morgan fingerprint density at radius 3 is 2.67 bits per heavy atom. The largest absolute Gasteiger partial charge is 0.462 e. The number of esters is 1. The summed E-state index contributed by atoms with van der Waals surface area (Å²) >= 11 is 0. The third kappa shape index (κ3) is 4.70. The summed E-state index contributed by atoms with van der Waals surface area (Å²) in [5.74, 6) is -1.67. The first kappa shape index (κ1) is 14.4. The summed E-state index contributed by atoms with van der Waals surface area (Å²) in [7, 11) is -3.08. The van der Waals surface area contributed by atoms with Gasteiger partial charge in [-0.05, 0) is 24.6 Å². The van der Waals surface area contributed by atoms with Gasteiger partial charge in [0.05, 0.1) is 17.9 Å². The summed E-state index contributed by atoms with van der Waals surface area (Å²) in [5, 5.41) is 0. The van der Waals surface area contributed by atoms with Gasteiger partial charge >= 0.3 is 5.97 Å². The molecule has 0 spiro atoms. The van der Waals surface area contributed by atoms with Crippen molar-refractivity contribution in [3.05, 3.63) is 29.6 Å². The minimum absolute atomic E-state index is 0.0737. The zero-order valence-electron chi connectivity index (χ0n) is 9.85. The van der Waals surface area contributed by atoms with Crippen LogP contribution in [0.3, 0.4) is 0 Å². The van der Waals surface area contributed by atoms with Gasteiger partial charge in [0, 0.05) is 11.9 Å². The second-order valence-corrected chi connectivity index (χ2v) is 6.12. The molecule has 0 atom stereocenters. The molecule has 18 heavy (non-hydrogen) atoms. The minimum Gasteiger partial charge on any atom is -0.462 e. The highest BCUT2D eigenvalue weighted by Crippen LogP contribution is 2.13. The average Bonchev–Trinajstić information content (AvgIpc) is 2.22. The van der Waals surface area contributed by atoms with Crippen molar-refractivity contribution in [2.75, 3.05) is 24.3 Å². The molecule has 0 aliphatic carbocycles. The van der Waals surface area contributed by atoms with Crippen LogP contribution in [0.15, 0.2) is 18.2 Å². The van der Waals surface area contributed by atoms with Crippen LogP contribution in [-0.4, -0.2) is 33.0 Å². The first-order valence-electron chi connectivity index (χ1n) is 5.19. The van der Waals surface area contributed by atoms with Crippen LogP contribution in [0.5, 0.6) is 0 Å². The SMILES string of the molecule is CS(=O)(=O)CCCOC(=O)c1ccc(N)cc1F. The normalized spacial score (nSPS) is 11.2. The zero-order valence-corrected chi connectivity index (χ0v) is 10.7. The van der Waals surface area contributed by atoms with Crippen LogP contribution in [0.25, 0.3) is 0 Å². The van der Waals surface area contributed by atoms with Crippen LogP contribution in [0.1, 0.15) is 16.8 Å². The number of carbonyl (C=O) groups excluding carboxylic acids is 1. The van der Waals surface area contributed by atoms with Gasteiger partial charge in [0.2, 0.25) is 0 Å². The number of halogens is 1. The minimum atomic E-state index is -3.08. The van der Waals surface area contributed by atoms with Crippen LogP contribution in [0.4, 0.5) is 10.1 Å². The molecule has 1 rings (SSSR count). The Labute approximate surface area is 105 Å². The maximum atomic E-state index is 13.3. The van der Waals surface area contributed by atoms with Crippen LogP contribution in [-0.2, 0) is 14.6 Å². The van der Waals surface area contributed by atoms with E-state index in [1.54, 1.807) is 0 Å². The van der Waals surface area contributed by atoms with Gasteiger partial charge in [0.25, 0.3) is 0 Å². The Kier molecular flexibility index (Phi) is 4.66. The number of rotatable bonds is 5. The van der Waals surface area contributed by atoms with E-state index in [9.17, 15) is 17.6 Å². The lowest BCUT2D eigenvalue weighted by atomic mass is 10.2. The second-order valence-electron chi connectivity index (χ2n) is 3.86. The molecular weight excluding hydrogens is 261 g/mol. The van der Waals surface area contributed by atoms with E-state index in [-0.39, 0.29) is 30.0 Å². The molecule has 0 aliphatic rings. The highest BCUT2D eigenvalue weighted by Gasteiger charge is 2.13. The molecule has 0 radical (unpaired) electrons. The Morgan fingerprint density at radius 1 is 1.44 bits per heavy atom. The zero-order chi connectivity index (χ0) is 13.8. The van der Waals surface area contributed by atoms with E-state index in [0.29, 0.717) is 0 Å². The molecule has 0 heterocycles. The van der Waals surface area contributed by atoms with E-state index in [0.717, 1.165) is 12.3 Å². The first-order chi connectivity index (χ1) is 8.29. The number of anilines is 1. The van der Waals surface area contributed by atoms with Crippen LogP contribution < -0.4 is 5.73 Å². The molecule has 0 saturated carbocycles. The molecule has 0 fully saturated rings. The fraction of sp³-hybridized carbons (Fsp3) is 0.364. The van der Waals surface area contributed by atoms with Gasteiger partial charge in [0.1, 0.15) is 15.7 Å². The van der Waals surface area contributed by atoms with Crippen molar-refractivity contribution in [2.45, 2.75) is 6.42 Å². The quantitative estimate of drug-likeness (QED) is 0.492. The van der Waals surface area contributed by atoms with Gasteiger partial charge in [0.15, 0.2) is 0 Å². The monoisotopic (exact) mass is 275 g/mol. The standard InChI is InChI=1S/C11H14FNO4S/c1-18(15,16)6-2-5-17-11(14)9-4-3-8(13)7-10(9)12/h3-4,7H,2,5-6,13H2,1H3. The van der Waals surface area contributed by atoms with E-state index in [1.807, 2.05) is 0 Å². The van der Waals surface area contributed by atoms with E-state index >= 15 is 0 Å². The Morgan fingerprint density at radius 2 is 2.11 bits per heavy atom. The molecule has 1 aromatic carbocycles. The Bertz CT molecular complexity index is 542. The summed E-state index contributed by atoms with van der Waals surface area (Å²) in [6, 6.07) is 3.63. The van der Waals surface area contributed by atoms with Crippen molar-refractivity contribution in [1.29, 1.82) is 0 Å². The average molecular weight is 275 g/mol. The second kappa shape index (κ2) is 5.81. The molecule has 0 aromatic heterocycles. The van der Waals surface area contributed by atoms with Gasteiger partial charge in [-0.1, -0.05) is 0 Å². The summed E-state index contributed by atoms with van der Waals surface area (Å²) in [6.45, 7) is -0.0737. The van der Waals surface area contributed by atoms with Gasteiger partial charge in [-0.15, -0.1) is 0 Å². The van der Waals surface area contributed by atoms with Crippen LogP contribution in [0.2, 0.25) is 0 Å². The number of nitrogens with two attached hydrogens (primary N) is 1. The highest BCUT2D eigenvalue weighted by atomic mass is 32.2. The van der Waals surface area contributed by atoms with Gasteiger partial charge in [-0.3, -0.25) is 0 Å². The van der Waals surface area contributed by atoms with Crippen molar-refractivity contribution in [2.24, 2.45) is 0 Å². The van der Waals surface area contributed by atoms with Crippen molar-refractivity contribution in [3.63, 3.8) is 0 Å². The number of nitrogen functional groups attached to an aromatic ring is 1. The number of benzene rings is 1. The molecule has 0 saturated heterocycles. The lowest BCUT2D eigenvalue weighted by molar-refractivity contribution is 0.0500. The fourth-order valence-electron chi connectivity index (χ4n) is 1.26. The van der Waals surface area contributed by atoms with Crippen molar-refractivity contribution in [3.8, 4) is 0 Å². The molecule has 5 nitrogen and oxygen atoms in total. The number of hydrogen-bond donors (Lipinski definition) is 1. The summed E-state index contributed by atoms with van der Waals surface area (Å²) < 4.78 is 39.7. The van der Waals surface area contributed by atoms with E-state index in [1.165, 1.54) is 12.1 Å². The number of hydrogen-bond acceptors (Lipinski definition) is 5. The molecule has 100 valence electrons. The van der Waals surface area contributed by atoms with Crippen LogP contribution in [0, 0.1) is 5.82 Å². The molecule has 0 aliphatic heterocycles. The van der Waals surface area contributed by atoms with Gasteiger partial charge < -0.3 is 10.5 Å². The lowest BCUT2D eigenvalue weighted by Crippen LogP contribution is -2.12. The topological polar surface area (TPSA) is 86.5 Å². The number of sulfone groups is 1. The van der Waals surface area contributed by atoms with Crippen molar-refractivity contribution < 1.29 is 22.3 Å². The third-order valence-electron chi connectivity index (χ3n) is 2.11. The van der Waals surface area contributed by atoms with Gasteiger partial charge in [-0.25, -0.2) is 17.6 Å². The maximum Gasteiger partial charge on any atom is 0.341 e. The van der Waals surface area contributed by atoms with Crippen molar-refractivity contribution >= 4 is 21.5 Å². The molecule has 7 heteroatoms. The van der Waals surface area contributed by atoms with Crippen molar-refractivity contribution in [1.82, 2.24) is 0 Å². The Hall–Kier alpha value is -1.63. The lowest BCUT2D eigenvalue weighted by Gasteiger charge is -2.05. The van der Waals surface area contributed by atoms with Gasteiger partial charge in [-0.2, -0.15) is 0 Å². The number of ether oxygens (including phenoxy) is 1. The molecule has 0 unspecified atom stereocenters. The first-order valence-corrected chi connectivity index (χ1v) is 7.25.